The Kier molecular flexibility index (Phi) is 5.12. The molecule has 2 nitrogen and oxygen atoms in total. The molecule has 0 aliphatic carbocycles. The largest absolute Gasteiger partial charge is 0.342 e. The molecule has 1 heterocycles. The number of rotatable bonds is 3. The zero-order valence-corrected chi connectivity index (χ0v) is 12.7. The highest BCUT2D eigenvalue weighted by Gasteiger charge is 2.20. The number of likely N-dealkylation sites (tertiary alicyclic amines) is 1. The molecule has 0 aromatic heterocycles. The van der Waals surface area contributed by atoms with Crippen LogP contribution < -0.4 is 0 Å². The van der Waals surface area contributed by atoms with Crippen LogP contribution in [0.2, 0.25) is 10.0 Å². The lowest BCUT2D eigenvalue weighted by Crippen LogP contribution is -2.39. The van der Waals surface area contributed by atoms with Gasteiger partial charge in [0, 0.05) is 29.6 Å². The second kappa shape index (κ2) is 6.62. The van der Waals surface area contributed by atoms with Gasteiger partial charge in [-0.05, 0) is 42.9 Å². The molecule has 1 atom stereocenters. The molecule has 19 heavy (non-hydrogen) atoms. The highest BCUT2D eigenvalue weighted by molar-refractivity contribution is 6.35. The first-order chi connectivity index (χ1) is 9.06. The van der Waals surface area contributed by atoms with Crippen molar-refractivity contribution in [1.29, 1.82) is 0 Å². The van der Waals surface area contributed by atoms with Gasteiger partial charge < -0.3 is 4.90 Å². The Morgan fingerprint density at radius 1 is 1.42 bits per heavy atom. The Morgan fingerprint density at radius 2 is 2.21 bits per heavy atom. The number of benzene rings is 1. The molecule has 1 fully saturated rings. The molecule has 0 saturated carbocycles. The van der Waals surface area contributed by atoms with Crippen molar-refractivity contribution in [3.8, 4) is 0 Å². The lowest BCUT2D eigenvalue weighted by Gasteiger charge is -2.31. The van der Waals surface area contributed by atoms with Gasteiger partial charge in [0.05, 0.1) is 0 Å². The molecule has 1 amide bonds. The van der Waals surface area contributed by atoms with E-state index < -0.39 is 0 Å². The Hall–Kier alpha value is -0.730. The van der Waals surface area contributed by atoms with Gasteiger partial charge in [0.15, 0.2) is 0 Å². The smallest absolute Gasteiger partial charge is 0.222 e. The van der Waals surface area contributed by atoms with E-state index in [9.17, 15) is 4.79 Å². The molecule has 1 aromatic rings. The third kappa shape index (κ3) is 4.12. The molecule has 0 radical (unpaired) electrons. The quantitative estimate of drug-likeness (QED) is 0.820. The number of halogens is 2. The van der Waals surface area contributed by atoms with Crippen molar-refractivity contribution in [2.45, 2.75) is 32.6 Å². The van der Waals surface area contributed by atoms with Crippen molar-refractivity contribution in [3.05, 3.63) is 33.8 Å². The summed E-state index contributed by atoms with van der Waals surface area (Å²) in [6.45, 7) is 4.00. The highest BCUT2D eigenvalue weighted by atomic mass is 35.5. The van der Waals surface area contributed by atoms with Gasteiger partial charge in [0.25, 0.3) is 0 Å². The van der Waals surface area contributed by atoms with E-state index in [2.05, 4.69) is 6.92 Å². The van der Waals surface area contributed by atoms with Crippen molar-refractivity contribution >= 4 is 29.1 Å². The molecular formula is C15H19Cl2NO. The maximum absolute atomic E-state index is 12.2. The SMILES string of the molecule is C[C@H]1CCCN(C(=O)CCc2ccc(Cl)cc2Cl)C1. The maximum atomic E-state index is 12.2. The number of carbonyl (C=O) groups excluding carboxylic acids is 1. The lowest BCUT2D eigenvalue weighted by atomic mass is 9.99. The molecule has 0 unspecified atom stereocenters. The number of nitrogens with zero attached hydrogens (tertiary/aromatic N) is 1. The third-order valence-corrected chi connectivity index (χ3v) is 4.22. The number of carbonyl (C=O) groups is 1. The first kappa shape index (κ1) is 14.7. The minimum absolute atomic E-state index is 0.234. The van der Waals surface area contributed by atoms with Crippen LogP contribution in [0.4, 0.5) is 0 Å². The van der Waals surface area contributed by atoms with Gasteiger partial charge in [-0.25, -0.2) is 0 Å². The van der Waals surface area contributed by atoms with Crippen LogP contribution in [-0.2, 0) is 11.2 Å². The van der Waals surface area contributed by atoms with E-state index in [0.29, 0.717) is 28.8 Å². The van der Waals surface area contributed by atoms with Gasteiger partial charge in [-0.2, -0.15) is 0 Å². The number of amides is 1. The summed E-state index contributed by atoms with van der Waals surface area (Å²) < 4.78 is 0. The van der Waals surface area contributed by atoms with E-state index in [-0.39, 0.29) is 5.91 Å². The summed E-state index contributed by atoms with van der Waals surface area (Å²) in [6, 6.07) is 5.44. The zero-order valence-electron chi connectivity index (χ0n) is 11.2. The summed E-state index contributed by atoms with van der Waals surface area (Å²) in [6.07, 6.45) is 3.55. The average Bonchev–Trinajstić information content (AvgIpc) is 2.37. The zero-order chi connectivity index (χ0) is 13.8. The van der Waals surface area contributed by atoms with Gasteiger partial charge in [-0.15, -0.1) is 0 Å². The van der Waals surface area contributed by atoms with E-state index in [1.54, 1.807) is 6.07 Å². The minimum Gasteiger partial charge on any atom is -0.342 e. The van der Waals surface area contributed by atoms with Crippen LogP contribution in [0.3, 0.4) is 0 Å². The molecule has 0 bridgehead atoms. The highest BCUT2D eigenvalue weighted by Crippen LogP contribution is 2.23. The second-order valence-corrected chi connectivity index (χ2v) is 6.17. The number of aryl methyl sites for hydroxylation is 1. The number of piperidine rings is 1. The van der Waals surface area contributed by atoms with E-state index in [4.69, 9.17) is 23.2 Å². The molecular weight excluding hydrogens is 281 g/mol. The molecule has 1 aliphatic heterocycles. The van der Waals surface area contributed by atoms with Gasteiger partial charge in [-0.3, -0.25) is 4.79 Å². The topological polar surface area (TPSA) is 20.3 Å². The van der Waals surface area contributed by atoms with Crippen LogP contribution in [0.5, 0.6) is 0 Å². The summed E-state index contributed by atoms with van der Waals surface area (Å²) in [5, 5.41) is 1.28. The van der Waals surface area contributed by atoms with Gasteiger partial charge in [-0.1, -0.05) is 36.2 Å². The Morgan fingerprint density at radius 3 is 2.89 bits per heavy atom. The summed E-state index contributed by atoms with van der Waals surface area (Å²) in [5.74, 6) is 0.856. The van der Waals surface area contributed by atoms with E-state index in [0.717, 1.165) is 25.1 Å². The fourth-order valence-corrected chi connectivity index (χ4v) is 3.04. The van der Waals surface area contributed by atoms with Crippen LogP contribution in [0, 0.1) is 5.92 Å². The predicted octanol–water partition coefficient (Wildman–Crippen LogP) is 4.18. The van der Waals surface area contributed by atoms with Crippen molar-refractivity contribution in [2.75, 3.05) is 13.1 Å². The molecule has 104 valence electrons. The minimum atomic E-state index is 0.234. The Balaban J connectivity index is 1.89. The lowest BCUT2D eigenvalue weighted by molar-refractivity contribution is -0.132. The summed E-state index contributed by atoms with van der Waals surface area (Å²) >= 11 is 12.0. The van der Waals surface area contributed by atoms with E-state index in [1.807, 2.05) is 17.0 Å². The summed E-state index contributed by atoms with van der Waals surface area (Å²) in [4.78, 5) is 14.1. The predicted molar refractivity (Wildman–Crippen MR) is 79.8 cm³/mol. The standard InChI is InChI=1S/C15H19Cl2NO/c1-11-3-2-8-18(10-11)15(19)7-5-12-4-6-13(16)9-14(12)17/h4,6,9,11H,2-3,5,7-8,10H2,1H3/t11-/m0/s1. The summed E-state index contributed by atoms with van der Waals surface area (Å²) in [5.41, 5.74) is 0.990. The third-order valence-electron chi connectivity index (χ3n) is 3.63. The van der Waals surface area contributed by atoms with E-state index in [1.165, 1.54) is 6.42 Å². The molecule has 1 saturated heterocycles. The fraction of sp³-hybridized carbons (Fsp3) is 0.533. The first-order valence-corrected chi connectivity index (χ1v) is 7.53. The molecule has 4 heteroatoms. The number of hydrogen-bond donors (Lipinski definition) is 0. The van der Waals surface area contributed by atoms with Crippen molar-refractivity contribution in [2.24, 2.45) is 5.92 Å². The second-order valence-electron chi connectivity index (χ2n) is 5.32. The Labute approximate surface area is 124 Å². The van der Waals surface area contributed by atoms with E-state index >= 15 is 0 Å². The Bertz CT molecular complexity index is 461. The molecule has 1 aromatic carbocycles. The maximum Gasteiger partial charge on any atom is 0.222 e. The van der Waals surface area contributed by atoms with Crippen molar-refractivity contribution < 1.29 is 4.79 Å². The summed E-state index contributed by atoms with van der Waals surface area (Å²) in [7, 11) is 0. The molecule has 0 N–H and O–H groups in total. The fourth-order valence-electron chi connectivity index (χ4n) is 2.54. The van der Waals surface area contributed by atoms with Crippen LogP contribution in [0.1, 0.15) is 31.7 Å². The van der Waals surface area contributed by atoms with Gasteiger partial charge in [0.2, 0.25) is 5.91 Å². The van der Waals surface area contributed by atoms with Crippen LogP contribution >= 0.6 is 23.2 Å². The van der Waals surface area contributed by atoms with Gasteiger partial charge in [0.1, 0.15) is 0 Å². The monoisotopic (exact) mass is 299 g/mol. The molecule has 2 rings (SSSR count). The normalized spacial score (nSPS) is 19.5. The van der Waals surface area contributed by atoms with Crippen molar-refractivity contribution in [3.63, 3.8) is 0 Å². The number of hydrogen-bond acceptors (Lipinski definition) is 1. The average molecular weight is 300 g/mol. The first-order valence-electron chi connectivity index (χ1n) is 6.78. The van der Waals surface area contributed by atoms with Gasteiger partial charge >= 0.3 is 0 Å². The van der Waals surface area contributed by atoms with Crippen LogP contribution in [0.15, 0.2) is 18.2 Å². The van der Waals surface area contributed by atoms with Crippen LogP contribution in [-0.4, -0.2) is 23.9 Å². The molecule has 0 spiro atoms. The van der Waals surface area contributed by atoms with Crippen LogP contribution in [0.25, 0.3) is 0 Å². The molecule has 1 aliphatic rings. The van der Waals surface area contributed by atoms with Crippen molar-refractivity contribution in [1.82, 2.24) is 4.90 Å².